The number of hydrogen-bond acceptors (Lipinski definition) is 5. The van der Waals surface area contributed by atoms with E-state index in [0.29, 0.717) is 5.02 Å². The van der Waals surface area contributed by atoms with Crippen molar-refractivity contribution in [1.82, 2.24) is 19.6 Å². The third kappa shape index (κ3) is 2.18. The van der Waals surface area contributed by atoms with E-state index in [9.17, 15) is 0 Å². The highest BCUT2D eigenvalue weighted by molar-refractivity contribution is 7.15. The fraction of sp³-hybridized carbons (Fsp3) is 0.0556. The molecule has 0 spiro atoms. The summed E-state index contributed by atoms with van der Waals surface area (Å²) in [4.78, 5) is 5.59. The molecule has 0 radical (unpaired) electrons. The van der Waals surface area contributed by atoms with E-state index < -0.39 is 0 Å². The van der Waals surface area contributed by atoms with Crippen molar-refractivity contribution in [2.24, 2.45) is 0 Å². The second kappa shape index (κ2) is 5.40. The average molecular weight is 367 g/mol. The van der Waals surface area contributed by atoms with Gasteiger partial charge in [0, 0.05) is 21.9 Å². The number of nitrogens with zero attached hydrogens (tertiary/aromatic N) is 4. The maximum atomic E-state index is 6.02. The van der Waals surface area contributed by atoms with Gasteiger partial charge in [0.2, 0.25) is 4.96 Å². The van der Waals surface area contributed by atoms with Gasteiger partial charge in [-0.2, -0.15) is 0 Å². The number of fused-ring (bicyclic) bond motifs is 5. The minimum atomic E-state index is 0.711. The van der Waals surface area contributed by atoms with Crippen LogP contribution in [0.4, 0.5) is 0 Å². The fourth-order valence-electron chi connectivity index (χ4n) is 2.97. The van der Waals surface area contributed by atoms with E-state index in [0.717, 1.165) is 44.4 Å². The predicted molar refractivity (Wildman–Crippen MR) is 99.8 cm³/mol. The summed E-state index contributed by atoms with van der Waals surface area (Å²) in [6, 6.07) is 13.5. The number of aromatic nitrogens is 4. The zero-order valence-corrected chi connectivity index (χ0v) is 14.7. The van der Waals surface area contributed by atoms with E-state index in [1.54, 1.807) is 7.11 Å². The number of hydrogen-bond donors (Lipinski definition) is 0. The summed E-state index contributed by atoms with van der Waals surface area (Å²) in [5.74, 6) is 1.56. The van der Waals surface area contributed by atoms with Gasteiger partial charge >= 0.3 is 0 Å². The van der Waals surface area contributed by atoms with Crippen LogP contribution < -0.4 is 4.74 Å². The maximum Gasteiger partial charge on any atom is 0.216 e. The van der Waals surface area contributed by atoms with E-state index >= 15 is 0 Å². The molecule has 0 N–H and O–H groups in total. The zero-order valence-electron chi connectivity index (χ0n) is 13.1. The lowest BCUT2D eigenvalue weighted by Crippen LogP contribution is -1.99. The molecule has 0 unspecified atom stereocenters. The molecule has 0 bridgehead atoms. The van der Waals surface area contributed by atoms with Crippen LogP contribution in [0.5, 0.6) is 5.75 Å². The van der Waals surface area contributed by atoms with Gasteiger partial charge in [0.15, 0.2) is 5.82 Å². The molecule has 0 aliphatic carbocycles. The first kappa shape index (κ1) is 14.6. The summed E-state index contributed by atoms with van der Waals surface area (Å²) >= 11 is 7.55. The van der Waals surface area contributed by atoms with Crippen LogP contribution in [0.3, 0.4) is 0 Å². The first-order valence-corrected chi connectivity index (χ1v) is 8.86. The van der Waals surface area contributed by atoms with Gasteiger partial charge in [0.25, 0.3) is 0 Å². The number of halogens is 1. The zero-order chi connectivity index (χ0) is 17.0. The molecule has 2 aliphatic rings. The Bertz CT molecular complexity index is 1200. The van der Waals surface area contributed by atoms with Crippen molar-refractivity contribution >= 4 is 38.8 Å². The standard InChI is InChI=1S/C18H11ClN4OS/c1-24-12-6-7-13-14(8-12)20-17-16(13)21-22-18-23(17)15(9-25-18)10-2-4-11(19)5-3-10/h2-9H,1H3. The van der Waals surface area contributed by atoms with Gasteiger partial charge in [-0.1, -0.05) is 23.7 Å². The fourth-order valence-corrected chi connectivity index (χ4v) is 3.94. The molecule has 0 saturated carbocycles. The molecule has 25 heavy (non-hydrogen) atoms. The highest BCUT2D eigenvalue weighted by atomic mass is 35.5. The molecule has 2 aliphatic heterocycles. The van der Waals surface area contributed by atoms with E-state index in [1.807, 2.05) is 46.9 Å². The quantitative estimate of drug-likeness (QED) is 0.451. The van der Waals surface area contributed by atoms with Crippen molar-refractivity contribution < 1.29 is 4.74 Å². The van der Waals surface area contributed by atoms with Gasteiger partial charge in [-0.15, -0.1) is 21.5 Å². The highest BCUT2D eigenvalue weighted by Crippen LogP contribution is 2.35. The topological polar surface area (TPSA) is 52.3 Å². The summed E-state index contributed by atoms with van der Waals surface area (Å²) in [5.41, 5.74) is 3.70. The highest BCUT2D eigenvalue weighted by Gasteiger charge is 2.21. The third-order valence-electron chi connectivity index (χ3n) is 4.19. The summed E-state index contributed by atoms with van der Waals surface area (Å²) in [6.07, 6.45) is 0. The molecule has 3 aromatic rings. The largest absolute Gasteiger partial charge is 0.497 e. The molecule has 0 fully saturated rings. The predicted octanol–water partition coefficient (Wildman–Crippen LogP) is 4.77. The monoisotopic (exact) mass is 366 g/mol. The van der Waals surface area contributed by atoms with Gasteiger partial charge in [-0.3, -0.25) is 4.40 Å². The Hall–Kier alpha value is -2.70. The Morgan fingerprint density at radius 2 is 1.92 bits per heavy atom. The van der Waals surface area contributed by atoms with Gasteiger partial charge in [0.1, 0.15) is 11.4 Å². The molecular weight excluding hydrogens is 356 g/mol. The van der Waals surface area contributed by atoms with Crippen molar-refractivity contribution in [1.29, 1.82) is 0 Å². The van der Waals surface area contributed by atoms with E-state index in [2.05, 4.69) is 15.6 Å². The van der Waals surface area contributed by atoms with Gasteiger partial charge in [-0.25, -0.2) is 4.98 Å². The van der Waals surface area contributed by atoms with Crippen LogP contribution in [-0.2, 0) is 0 Å². The molecule has 5 nitrogen and oxygen atoms in total. The van der Waals surface area contributed by atoms with Crippen LogP contribution in [0.1, 0.15) is 0 Å². The summed E-state index contributed by atoms with van der Waals surface area (Å²) < 4.78 is 7.35. The first-order valence-electron chi connectivity index (χ1n) is 7.60. The van der Waals surface area contributed by atoms with Crippen LogP contribution in [0.25, 0.3) is 38.6 Å². The molecule has 7 heteroatoms. The normalized spacial score (nSPS) is 11.6. The lowest BCUT2D eigenvalue weighted by atomic mass is 10.1. The van der Waals surface area contributed by atoms with Crippen molar-refractivity contribution in [2.75, 3.05) is 7.11 Å². The number of benzene rings is 2. The van der Waals surface area contributed by atoms with Gasteiger partial charge in [0.05, 0.1) is 18.3 Å². The molecule has 122 valence electrons. The van der Waals surface area contributed by atoms with Crippen LogP contribution in [0.15, 0.2) is 47.8 Å². The van der Waals surface area contributed by atoms with Crippen LogP contribution in [0, 0.1) is 0 Å². The lowest BCUT2D eigenvalue weighted by Gasteiger charge is -2.05. The van der Waals surface area contributed by atoms with Crippen molar-refractivity contribution in [3.63, 3.8) is 0 Å². The number of methoxy groups -OCH3 is 1. The second-order valence-electron chi connectivity index (χ2n) is 5.61. The molecule has 2 aromatic carbocycles. The van der Waals surface area contributed by atoms with E-state index in [-0.39, 0.29) is 0 Å². The van der Waals surface area contributed by atoms with Crippen molar-refractivity contribution in [2.45, 2.75) is 0 Å². The summed E-state index contributed by atoms with van der Waals surface area (Å²) in [5, 5.41) is 12.5. The molecular formula is C18H11ClN4OS. The van der Waals surface area contributed by atoms with E-state index in [1.165, 1.54) is 11.3 Å². The van der Waals surface area contributed by atoms with E-state index in [4.69, 9.17) is 21.3 Å². The Labute approximate surface area is 151 Å². The van der Waals surface area contributed by atoms with Crippen LogP contribution >= 0.6 is 22.9 Å². The van der Waals surface area contributed by atoms with Gasteiger partial charge in [-0.05, 0) is 29.8 Å². The number of thiazole rings is 1. The minimum Gasteiger partial charge on any atom is -0.497 e. The van der Waals surface area contributed by atoms with Crippen molar-refractivity contribution in [3.05, 3.63) is 52.9 Å². The SMILES string of the molecule is COc1ccc2c3nnc4scc(-c5ccc(Cl)cc5)n4c-3nc2c1. The molecule has 1 aromatic heterocycles. The maximum absolute atomic E-state index is 6.02. The molecule has 3 heterocycles. The third-order valence-corrected chi connectivity index (χ3v) is 5.26. The van der Waals surface area contributed by atoms with Crippen molar-refractivity contribution in [3.8, 4) is 28.5 Å². The van der Waals surface area contributed by atoms with Crippen LogP contribution in [-0.4, -0.2) is 26.7 Å². The average Bonchev–Trinajstić information content (AvgIpc) is 3.22. The lowest BCUT2D eigenvalue weighted by molar-refractivity contribution is 0.415. The smallest absolute Gasteiger partial charge is 0.216 e. The van der Waals surface area contributed by atoms with Crippen LogP contribution in [0.2, 0.25) is 5.02 Å². The summed E-state index contributed by atoms with van der Waals surface area (Å²) in [6.45, 7) is 0. The molecule has 0 amide bonds. The Morgan fingerprint density at radius 1 is 1.08 bits per heavy atom. The first-order chi connectivity index (χ1) is 12.2. The Kier molecular flexibility index (Phi) is 3.16. The molecule has 0 saturated heterocycles. The second-order valence-corrected chi connectivity index (χ2v) is 6.89. The Balaban J connectivity index is 1.83. The molecule has 5 rings (SSSR count). The minimum absolute atomic E-state index is 0.711. The number of ether oxygens (including phenoxy) is 1. The number of rotatable bonds is 2. The Morgan fingerprint density at radius 3 is 2.72 bits per heavy atom. The summed E-state index contributed by atoms with van der Waals surface area (Å²) in [7, 11) is 1.65. The van der Waals surface area contributed by atoms with Gasteiger partial charge < -0.3 is 4.74 Å². The molecule has 0 atom stereocenters.